The maximum absolute atomic E-state index is 5.68. The van der Waals surface area contributed by atoms with E-state index in [9.17, 15) is 0 Å². The Labute approximate surface area is 106 Å². The van der Waals surface area contributed by atoms with Crippen molar-refractivity contribution in [2.75, 3.05) is 11.5 Å². The Morgan fingerprint density at radius 1 is 0.667 bits per heavy atom. The maximum Gasteiger partial charge on any atom is 0.124 e. The van der Waals surface area contributed by atoms with Crippen LogP contribution in [0.3, 0.4) is 0 Å². The summed E-state index contributed by atoms with van der Waals surface area (Å²) in [6.45, 7) is 4.00. The van der Waals surface area contributed by atoms with Crippen LogP contribution in [0.1, 0.15) is 13.8 Å². The van der Waals surface area contributed by atoms with E-state index < -0.39 is 0 Å². The molecule has 0 aliphatic rings. The lowest BCUT2D eigenvalue weighted by Crippen LogP contribution is -1.94. The van der Waals surface area contributed by atoms with E-state index in [1.807, 2.05) is 38.1 Å². The van der Waals surface area contributed by atoms with Crippen LogP contribution in [-0.2, 0) is 0 Å². The van der Waals surface area contributed by atoms with E-state index in [1.165, 1.54) is 0 Å². The summed E-state index contributed by atoms with van der Waals surface area (Å²) >= 11 is 0. The second kappa shape index (κ2) is 4.87. The van der Waals surface area contributed by atoms with Crippen LogP contribution in [0.2, 0.25) is 0 Å². The number of nitrogen functional groups attached to an aromatic ring is 2. The zero-order valence-corrected chi connectivity index (χ0v) is 10.5. The predicted molar refractivity (Wildman–Crippen MR) is 77.2 cm³/mol. The molecule has 0 aliphatic carbocycles. The molecule has 0 radical (unpaired) electrons. The van der Waals surface area contributed by atoms with Gasteiger partial charge in [0.1, 0.15) is 11.6 Å². The summed E-state index contributed by atoms with van der Waals surface area (Å²) in [6, 6.07) is 11.4. The molecule has 2 heterocycles. The van der Waals surface area contributed by atoms with Gasteiger partial charge < -0.3 is 11.5 Å². The molecule has 92 valence electrons. The molecular weight excluding hydrogens is 224 g/mol. The highest BCUT2D eigenvalue weighted by atomic mass is 14.9. The minimum absolute atomic E-state index is 0.490. The molecule has 4 nitrogen and oxygen atoms in total. The summed E-state index contributed by atoms with van der Waals surface area (Å²) < 4.78 is 0. The molecule has 2 aromatic heterocycles. The average molecular weight is 240 g/mol. The first-order valence-electron chi connectivity index (χ1n) is 5.95. The monoisotopic (exact) mass is 240 g/mol. The zero-order chi connectivity index (χ0) is 13.1. The van der Waals surface area contributed by atoms with Gasteiger partial charge in [0.2, 0.25) is 0 Å². The molecule has 4 N–H and O–H groups in total. The highest BCUT2D eigenvalue weighted by molar-refractivity contribution is 6.03. The molecule has 0 unspecified atom stereocenters. The summed E-state index contributed by atoms with van der Waals surface area (Å²) in [5.41, 5.74) is 13.0. The first kappa shape index (κ1) is 12.1. The summed E-state index contributed by atoms with van der Waals surface area (Å²) in [5.74, 6) is 0.980. The van der Waals surface area contributed by atoms with Gasteiger partial charge in [0.05, 0.1) is 11.0 Å². The van der Waals surface area contributed by atoms with E-state index in [0.717, 1.165) is 21.8 Å². The van der Waals surface area contributed by atoms with Crippen molar-refractivity contribution in [2.45, 2.75) is 13.8 Å². The van der Waals surface area contributed by atoms with Gasteiger partial charge in [-0.1, -0.05) is 26.0 Å². The van der Waals surface area contributed by atoms with Gasteiger partial charge in [0.15, 0.2) is 0 Å². The van der Waals surface area contributed by atoms with Crippen molar-refractivity contribution in [3.05, 3.63) is 36.4 Å². The molecule has 0 amide bonds. The fourth-order valence-corrected chi connectivity index (χ4v) is 1.80. The predicted octanol–water partition coefficient (Wildman–Crippen LogP) is 2.97. The van der Waals surface area contributed by atoms with Gasteiger partial charge in [-0.25, -0.2) is 9.97 Å². The molecule has 0 atom stereocenters. The number of rotatable bonds is 0. The summed E-state index contributed by atoms with van der Waals surface area (Å²) in [7, 11) is 0. The van der Waals surface area contributed by atoms with Gasteiger partial charge in [-0.3, -0.25) is 0 Å². The average Bonchev–Trinajstić information content (AvgIpc) is 2.41. The summed E-state index contributed by atoms with van der Waals surface area (Å²) in [4.78, 5) is 8.61. The first-order chi connectivity index (χ1) is 8.74. The Hall–Kier alpha value is -2.36. The van der Waals surface area contributed by atoms with Crippen molar-refractivity contribution < 1.29 is 0 Å². The van der Waals surface area contributed by atoms with Gasteiger partial charge in [-0.05, 0) is 24.3 Å². The van der Waals surface area contributed by atoms with Crippen LogP contribution in [0.4, 0.5) is 11.6 Å². The quantitative estimate of drug-likeness (QED) is 0.592. The van der Waals surface area contributed by atoms with Crippen LogP contribution < -0.4 is 11.5 Å². The molecule has 3 rings (SSSR count). The lowest BCUT2D eigenvalue weighted by molar-refractivity contribution is 1.38. The molecule has 1 aromatic carbocycles. The number of hydrogen-bond donors (Lipinski definition) is 2. The molecule has 0 spiro atoms. The molecular formula is C14H16N4. The smallest absolute Gasteiger partial charge is 0.124 e. The van der Waals surface area contributed by atoms with Crippen molar-refractivity contribution in [1.29, 1.82) is 0 Å². The minimum Gasteiger partial charge on any atom is -0.384 e. The summed E-state index contributed by atoms with van der Waals surface area (Å²) in [5, 5.41) is 2.03. The third-order valence-corrected chi connectivity index (χ3v) is 2.56. The maximum atomic E-state index is 5.68. The fraction of sp³-hybridized carbons (Fsp3) is 0.143. The molecule has 0 saturated carbocycles. The van der Waals surface area contributed by atoms with Gasteiger partial charge in [-0.15, -0.1) is 0 Å². The molecule has 4 heteroatoms. The van der Waals surface area contributed by atoms with Crippen molar-refractivity contribution in [3.8, 4) is 0 Å². The number of fused-ring (bicyclic) bond motifs is 3. The van der Waals surface area contributed by atoms with Gasteiger partial charge >= 0.3 is 0 Å². The van der Waals surface area contributed by atoms with Crippen LogP contribution in [0.15, 0.2) is 36.4 Å². The number of aromatic nitrogens is 2. The normalized spacial score (nSPS) is 10.1. The van der Waals surface area contributed by atoms with E-state index in [2.05, 4.69) is 9.97 Å². The highest BCUT2D eigenvalue weighted by Gasteiger charge is 2.03. The number of pyridine rings is 2. The number of nitrogens with two attached hydrogens (primary N) is 2. The van der Waals surface area contributed by atoms with E-state index in [1.54, 1.807) is 12.1 Å². The standard InChI is InChI=1S/C12H10N4.C2H6/c13-9-5-3-7-1-2-8-4-6-10(14)16-12(8)11(7)15-9;1-2/h1-6H,(H2,13,15)(H2,14,16);1-2H3. The third-order valence-electron chi connectivity index (χ3n) is 2.56. The highest BCUT2D eigenvalue weighted by Crippen LogP contribution is 2.23. The fourth-order valence-electron chi connectivity index (χ4n) is 1.80. The SMILES string of the molecule is CC.Nc1ccc2ccc3ccc(N)nc3c2n1. The van der Waals surface area contributed by atoms with E-state index in [0.29, 0.717) is 11.6 Å². The van der Waals surface area contributed by atoms with Crippen LogP contribution in [0.5, 0.6) is 0 Å². The van der Waals surface area contributed by atoms with Crippen molar-refractivity contribution in [1.82, 2.24) is 9.97 Å². The molecule has 0 fully saturated rings. The topological polar surface area (TPSA) is 77.8 Å². The Balaban J connectivity index is 0.000000574. The molecule has 0 bridgehead atoms. The zero-order valence-electron chi connectivity index (χ0n) is 10.5. The Morgan fingerprint density at radius 2 is 1.00 bits per heavy atom. The first-order valence-corrected chi connectivity index (χ1v) is 5.95. The van der Waals surface area contributed by atoms with Gasteiger partial charge in [-0.2, -0.15) is 0 Å². The third kappa shape index (κ3) is 2.05. The number of anilines is 2. The van der Waals surface area contributed by atoms with E-state index in [4.69, 9.17) is 11.5 Å². The Kier molecular flexibility index (Phi) is 3.28. The van der Waals surface area contributed by atoms with Crippen molar-refractivity contribution in [3.63, 3.8) is 0 Å². The largest absolute Gasteiger partial charge is 0.384 e. The molecule has 0 aliphatic heterocycles. The summed E-state index contributed by atoms with van der Waals surface area (Å²) in [6.07, 6.45) is 0. The van der Waals surface area contributed by atoms with Crippen LogP contribution in [0, 0.1) is 0 Å². The van der Waals surface area contributed by atoms with Crippen LogP contribution >= 0.6 is 0 Å². The van der Waals surface area contributed by atoms with Gasteiger partial charge in [0.25, 0.3) is 0 Å². The van der Waals surface area contributed by atoms with E-state index in [-0.39, 0.29) is 0 Å². The van der Waals surface area contributed by atoms with Crippen molar-refractivity contribution >= 4 is 33.4 Å². The Bertz CT molecular complexity index is 631. The van der Waals surface area contributed by atoms with Crippen LogP contribution in [0.25, 0.3) is 21.8 Å². The second-order valence-corrected chi connectivity index (χ2v) is 3.68. The lowest BCUT2D eigenvalue weighted by atomic mass is 10.1. The molecule has 3 aromatic rings. The van der Waals surface area contributed by atoms with Crippen LogP contribution in [-0.4, -0.2) is 9.97 Å². The van der Waals surface area contributed by atoms with Crippen molar-refractivity contribution in [2.24, 2.45) is 0 Å². The number of benzene rings is 1. The number of hydrogen-bond acceptors (Lipinski definition) is 4. The second-order valence-electron chi connectivity index (χ2n) is 3.68. The lowest BCUT2D eigenvalue weighted by Gasteiger charge is -2.03. The Morgan fingerprint density at radius 3 is 1.39 bits per heavy atom. The molecule has 18 heavy (non-hydrogen) atoms. The van der Waals surface area contributed by atoms with Gasteiger partial charge in [0, 0.05) is 10.8 Å². The molecule has 0 saturated heterocycles. The number of nitrogens with zero attached hydrogens (tertiary/aromatic N) is 2. The minimum atomic E-state index is 0.490. The van der Waals surface area contributed by atoms with E-state index >= 15 is 0 Å².